The van der Waals surface area contributed by atoms with Crippen LogP contribution >= 0.6 is 0 Å². The van der Waals surface area contributed by atoms with Crippen molar-refractivity contribution in [3.05, 3.63) is 71.1 Å². The number of piperazine rings is 1. The number of carbonyl (C=O) groups excluding carboxylic acids is 1. The average molecular weight is 277 g/mol. The quantitative estimate of drug-likeness (QED) is 0.857. The summed E-state index contributed by atoms with van der Waals surface area (Å²) in [7, 11) is 1.90. The number of benzene rings is 1. The number of hydrogen-bond acceptors (Lipinski definition) is 3. The van der Waals surface area contributed by atoms with Crippen LogP contribution in [0.3, 0.4) is 0 Å². The van der Waals surface area contributed by atoms with Gasteiger partial charge in [-0.3, -0.25) is 4.79 Å². The lowest BCUT2D eigenvalue weighted by atomic mass is 9.98. The predicted molar refractivity (Wildman–Crippen MR) is 79.7 cm³/mol. The van der Waals surface area contributed by atoms with E-state index in [0.29, 0.717) is 5.56 Å². The van der Waals surface area contributed by atoms with Crippen molar-refractivity contribution >= 4 is 5.91 Å². The monoisotopic (exact) mass is 277 g/mol. The number of amides is 1. The lowest BCUT2D eigenvalue weighted by molar-refractivity contribution is -0.126. The highest BCUT2D eigenvalue weighted by Crippen LogP contribution is 2.32. The van der Waals surface area contributed by atoms with E-state index in [1.54, 1.807) is 12.1 Å². The van der Waals surface area contributed by atoms with Crippen molar-refractivity contribution in [1.29, 1.82) is 5.26 Å². The Morgan fingerprint density at radius 3 is 3.10 bits per heavy atom. The molecule has 0 bridgehead atoms. The van der Waals surface area contributed by atoms with E-state index >= 15 is 0 Å². The van der Waals surface area contributed by atoms with Crippen LogP contribution in [-0.2, 0) is 4.79 Å². The number of nitrogens with one attached hydrogen (secondary N) is 1. The Kier molecular flexibility index (Phi) is 3.33. The van der Waals surface area contributed by atoms with Gasteiger partial charge in [-0.15, -0.1) is 0 Å². The second-order valence-corrected chi connectivity index (χ2v) is 5.07. The summed E-state index contributed by atoms with van der Waals surface area (Å²) in [6.45, 7) is 0. The third-order valence-electron chi connectivity index (χ3n) is 3.73. The molecule has 1 aromatic rings. The Labute approximate surface area is 123 Å². The minimum atomic E-state index is -0.423. The zero-order chi connectivity index (χ0) is 14.8. The van der Waals surface area contributed by atoms with E-state index in [9.17, 15) is 4.79 Å². The molecule has 0 radical (unpaired) electrons. The highest BCUT2D eigenvalue weighted by Gasteiger charge is 2.33. The van der Waals surface area contributed by atoms with Gasteiger partial charge in [0.25, 0.3) is 5.91 Å². The van der Waals surface area contributed by atoms with Gasteiger partial charge in [0.15, 0.2) is 0 Å². The van der Waals surface area contributed by atoms with Gasteiger partial charge in [-0.25, -0.2) is 0 Å². The molecule has 1 atom stereocenters. The molecule has 4 heteroatoms. The zero-order valence-corrected chi connectivity index (χ0v) is 11.7. The van der Waals surface area contributed by atoms with Crippen LogP contribution in [0.2, 0.25) is 0 Å². The molecule has 1 unspecified atom stereocenters. The van der Waals surface area contributed by atoms with E-state index in [0.717, 1.165) is 23.4 Å². The van der Waals surface area contributed by atoms with Crippen LogP contribution in [0.15, 0.2) is 60.0 Å². The SMILES string of the molecule is CN1C2=CC=CCC=C2NC(=O)C1c1cccc(C#N)c1. The molecule has 0 saturated carbocycles. The normalized spacial score (nSPS) is 20.7. The number of fused-ring (bicyclic) bond motifs is 1. The molecule has 1 heterocycles. The van der Waals surface area contributed by atoms with Gasteiger partial charge in [0, 0.05) is 7.05 Å². The van der Waals surface area contributed by atoms with Crippen molar-refractivity contribution in [2.75, 3.05) is 7.05 Å². The van der Waals surface area contributed by atoms with Crippen LogP contribution in [0.1, 0.15) is 23.6 Å². The summed E-state index contributed by atoms with van der Waals surface area (Å²) in [5.74, 6) is -0.0714. The minimum absolute atomic E-state index is 0.0714. The van der Waals surface area contributed by atoms with Gasteiger partial charge in [0.05, 0.1) is 23.0 Å². The van der Waals surface area contributed by atoms with E-state index in [-0.39, 0.29) is 5.91 Å². The summed E-state index contributed by atoms with van der Waals surface area (Å²) in [6.07, 6.45) is 8.85. The number of likely N-dealkylation sites (N-methyl/N-ethyl adjacent to an activating group) is 1. The molecule has 1 saturated heterocycles. The van der Waals surface area contributed by atoms with Gasteiger partial charge in [-0.05, 0) is 30.2 Å². The molecular weight excluding hydrogens is 262 g/mol. The summed E-state index contributed by atoms with van der Waals surface area (Å²) in [6, 6.07) is 8.88. The standard InChI is InChI=1S/C17H15N3O/c1-20-15-9-4-2-3-8-14(15)19-17(21)16(20)13-7-5-6-12(10-13)11-18/h2,4-10,16H,3H2,1H3,(H,19,21). The van der Waals surface area contributed by atoms with Gasteiger partial charge in [-0.1, -0.05) is 30.4 Å². The highest BCUT2D eigenvalue weighted by atomic mass is 16.2. The molecule has 3 rings (SSSR count). The van der Waals surface area contributed by atoms with E-state index < -0.39 is 6.04 Å². The van der Waals surface area contributed by atoms with Crippen molar-refractivity contribution in [1.82, 2.24) is 10.2 Å². The zero-order valence-electron chi connectivity index (χ0n) is 11.7. The fraction of sp³-hybridized carbons (Fsp3) is 0.176. The molecule has 1 fully saturated rings. The lowest BCUT2D eigenvalue weighted by Gasteiger charge is -2.37. The van der Waals surface area contributed by atoms with Crippen molar-refractivity contribution in [2.24, 2.45) is 0 Å². The highest BCUT2D eigenvalue weighted by molar-refractivity contribution is 5.87. The molecule has 1 aromatic carbocycles. The van der Waals surface area contributed by atoms with Gasteiger partial charge in [0.1, 0.15) is 6.04 Å². The molecule has 1 aliphatic heterocycles. The van der Waals surface area contributed by atoms with Crippen molar-refractivity contribution in [3.8, 4) is 6.07 Å². The van der Waals surface area contributed by atoms with Gasteiger partial charge < -0.3 is 10.2 Å². The smallest absolute Gasteiger partial charge is 0.251 e. The van der Waals surface area contributed by atoms with Crippen molar-refractivity contribution < 1.29 is 4.79 Å². The Balaban J connectivity index is 2.03. The molecule has 1 N–H and O–H groups in total. The maximum absolute atomic E-state index is 12.4. The molecule has 4 nitrogen and oxygen atoms in total. The third kappa shape index (κ3) is 2.34. The maximum Gasteiger partial charge on any atom is 0.251 e. The number of allylic oxidation sites excluding steroid dienone is 4. The molecule has 0 aromatic heterocycles. The Morgan fingerprint density at radius 1 is 1.43 bits per heavy atom. The summed E-state index contributed by atoms with van der Waals surface area (Å²) < 4.78 is 0. The van der Waals surface area contributed by atoms with E-state index in [1.807, 2.05) is 48.4 Å². The number of nitriles is 1. The summed E-state index contributed by atoms with van der Waals surface area (Å²) in [5.41, 5.74) is 3.21. The first kappa shape index (κ1) is 13.2. The van der Waals surface area contributed by atoms with Gasteiger partial charge >= 0.3 is 0 Å². The molecule has 1 aliphatic carbocycles. The summed E-state index contributed by atoms with van der Waals surface area (Å²) in [4.78, 5) is 14.4. The average Bonchev–Trinajstić information content (AvgIpc) is 2.73. The predicted octanol–water partition coefficient (Wildman–Crippen LogP) is 2.39. The Hall–Kier alpha value is -2.80. The van der Waals surface area contributed by atoms with E-state index in [1.165, 1.54) is 0 Å². The minimum Gasteiger partial charge on any atom is -0.357 e. The van der Waals surface area contributed by atoms with Gasteiger partial charge in [-0.2, -0.15) is 5.26 Å². The van der Waals surface area contributed by atoms with Crippen molar-refractivity contribution in [3.63, 3.8) is 0 Å². The van der Waals surface area contributed by atoms with Crippen LogP contribution in [0.5, 0.6) is 0 Å². The molecule has 21 heavy (non-hydrogen) atoms. The van der Waals surface area contributed by atoms with Gasteiger partial charge in [0.2, 0.25) is 0 Å². The first-order valence-corrected chi connectivity index (χ1v) is 6.82. The number of hydrogen-bond donors (Lipinski definition) is 1. The fourth-order valence-electron chi connectivity index (χ4n) is 2.71. The van der Waals surface area contributed by atoms with Crippen LogP contribution in [0.25, 0.3) is 0 Å². The third-order valence-corrected chi connectivity index (χ3v) is 3.73. The van der Waals surface area contributed by atoms with E-state index in [2.05, 4.69) is 11.4 Å². The van der Waals surface area contributed by atoms with Crippen LogP contribution < -0.4 is 5.32 Å². The first-order valence-electron chi connectivity index (χ1n) is 6.82. The van der Waals surface area contributed by atoms with Crippen molar-refractivity contribution in [2.45, 2.75) is 12.5 Å². The van der Waals surface area contributed by atoms with Crippen LogP contribution in [0, 0.1) is 11.3 Å². The van der Waals surface area contributed by atoms with Crippen LogP contribution in [0.4, 0.5) is 0 Å². The molecule has 104 valence electrons. The van der Waals surface area contributed by atoms with E-state index in [4.69, 9.17) is 5.26 Å². The molecule has 0 spiro atoms. The lowest BCUT2D eigenvalue weighted by Crippen LogP contribution is -2.45. The molecule has 2 aliphatic rings. The summed E-state index contributed by atoms with van der Waals surface area (Å²) >= 11 is 0. The number of rotatable bonds is 1. The largest absolute Gasteiger partial charge is 0.357 e. The second kappa shape index (κ2) is 5.29. The maximum atomic E-state index is 12.4. The summed E-state index contributed by atoms with van der Waals surface area (Å²) in [5, 5.41) is 12.0. The molecule has 1 amide bonds. The first-order chi connectivity index (χ1) is 10.2. The Bertz CT molecular complexity index is 722. The topological polar surface area (TPSA) is 56.1 Å². The Morgan fingerprint density at radius 2 is 2.29 bits per heavy atom. The van der Waals surface area contributed by atoms with Crippen LogP contribution in [-0.4, -0.2) is 17.9 Å². The fourth-order valence-corrected chi connectivity index (χ4v) is 2.71. The number of nitrogens with zero attached hydrogens (tertiary/aromatic N) is 2. The molecular formula is C17H15N3O. The number of carbonyl (C=O) groups is 1. The second-order valence-electron chi connectivity index (χ2n) is 5.07.